The summed E-state index contributed by atoms with van der Waals surface area (Å²) >= 11 is 0. The highest BCUT2D eigenvalue weighted by Gasteiger charge is 2.30. The van der Waals surface area contributed by atoms with Gasteiger partial charge in [-0.1, -0.05) is 44.9 Å². The van der Waals surface area contributed by atoms with Crippen LogP contribution in [0.2, 0.25) is 0 Å². The van der Waals surface area contributed by atoms with Crippen molar-refractivity contribution in [2.24, 2.45) is 5.92 Å². The van der Waals surface area contributed by atoms with E-state index in [0.29, 0.717) is 18.1 Å². The van der Waals surface area contributed by atoms with Crippen molar-refractivity contribution in [3.63, 3.8) is 0 Å². The number of fused-ring (bicyclic) bond motifs is 1. The lowest BCUT2D eigenvalue weighted by Crippen LogP contribution is -2.36. The molecule has 0 aliphatic carbocycles. The third-order valence-corrected chi connectivity index (χ3v) is 4.31. The first-order valence-corrected chi connectivity index (χ1v) is 8.16. The van der Waals surface area contributed by atoms with E-state index in [1.54, 1.807) is 0 Å². The van der Waals surface area contributed by atoms with E-state index < -0.39 is 0 Å². The van der Waals surface area contributed by atoms with E-state index in [0.717, 1.165) is 18.7 Å². The average Bonchev–Trinajstić information content (AvgIpc) is 2.45. The molecule has 0 fully saturated rings. The fourth-order valence-corrected chi connectivity index (χ4v) is 3.12. The van der Waals surface area contributed by atoms with E-state index >= 15 is 0 Å². The minimum absolute atomic E-state index is 0.347. The highest BCUT2D eigenvalue weighted by molar-refractivity contribution is 5.41. The van der Waals surface area contributed by atoms with E-state index in [-0.39, 0.29) is 0 Å². The molecule has 1 aromatic carbocycles. The molecule has 0 amide bonds. The molecular weight excluding hydrogens is 246 g/mol. The molecule has 2 nitrogen and oxygen atoms in total. The summed E-state index contributed by atoms with van der Waals surface area (Å²) in [5.41, 5.74) is 2.66. The van der Waals surface area contributed by atoms with Gasteiger partial charge in [0, 0.05) is 18.0 Å². The van der Waals surface area contributed by atoms with Crippen LogP contribution in [0.15, 0.2) is 18.2 Å². The maximum absolute atomic E-state index is 6.27. The van der Waals surface area contributed by atoms with Crippen molar-refractivity contribution in [2.75, 3.05) is 6.54 Å². The molecule has 20 heavy (non-hydrogen) atoms. The normalized spacial score (nSPS) is 23.0. The van der Waals surface area contributed by atoms with E-state index in [4.69, 9.17) is 4.74 Å². The highest BCUT2D eigenvalue weighted by atomic mass is 16.5. The summed E-state index contributed by atoms with van der Waals surface area (Å²) in [6.45, 7) is 10.0. The Hall–Kier alpha value is -1.02. The molecule has 2 rings (SSSR count). The Morgan fingerprint density at radius 1 is 1.30 bits per heavy atom. The Balaban J connectivity index is 2.19. The van der Waals surface area contributed by atoms with E-state index in [1.807, 2.05) is 0 Å². The van der Waals surface area contributed by atoms with Crippen LogP contribution in [0.4, 0.5) is 0 Å². The van der Waals surface area contributed by atoms with Crippen LogP contribution in [0.25, 0.3) is 0 Å². The molecule has 112 valence electrons. The van der Waals surface area contributed by atoms with Gasteiger partial charge in [0.05, 0.1) is 0 Å². The van der Waals surface area contributed by atoms with Crippen molar-refractivity contribution >= 4 is 0 Å². The molecule has 1 N–H and O–H groups in total. The quantitative estimate of drug-likeness (QED) is 0.817. The van der Waals surface area contributed by atoms with Gasteiger partial charge >= 0.3 is 0 Å². The van der Waals surface area contributed by atoms with Crippen LogP contribution in [0.1, 0.15) is 63.6 Å². The highest BCUT2D eigenvalue weighted by Crippen LogP contribution is 2.38. The monoisotopic (exact) mass is 275 g/mol. The topological polar surface area (TPSA) is 21.3 Å². The van der Waals surface area contributed by atoms with E-state index in [1.165, 1.54) is 30.4 Å². The molecule has 2 heteroatoms. The number of hydrogen-bond donors (Lipinski definition) is 1. The summed E-state index contributed by atoms with van der Waals surface area (Å²) in [5, 5.41) is 3.70. The molecule has 1 heterocycles. The fourth-order valence-electron chi connectivity index (χ4n) is 3.12. The SMILES string of the molecule is CCCNC1CC(C(C)CCC)Oc2ccc(C)cc21. The molecule has 0 radical (unpaired) electrons. The lowest BCUT2D eigenvalue weighted by molar-refractivity contribution is 0.0954. The first-order valence-electron chi connectivity index (χ1n) is 8.16. The third kappa shape index (κ3) is 3.54. The number of rotatable bonds is 6. The van der Waals surface area contributed by atoms with Crippen molar-refractivity contribution in [1.29, 1.82) is 0 Å². The summed E-state index contributed by atoms with van der Waals surface area (Å²) in [6.07, 6.45) is 5.09. The van der Waals surface area contributed by atoms with Gasteiger partial charge in [-0.2, -0.15) is 0 Å². The molecule has 1 aromatic rings. The Morgan fingerprint density at radius 2 is 2.10 bits per heavy atom. The zero-order valence-electron chi connectivity index (χ0n) is 13.4. The number of ether oxygens (including phenoxy) is 1. The van der Waals surface area contributed by atoms with E-state index in [9.17, 15) is 0 Å². The second-order valence-corrected chi connectivity index (χ2v) is 6.21. The Labute approximate surface area is 123 Å². The Kier molecular flexibility index (Phi) is 5.47. The lowest BCUT2D eigenvalue weighted by atomic mass is 9.88. The van der Waals surface area contributed by atoms with Crippen molar-refractivity contribution in [2.45, 2.75) is 65.5 Å². The number of aryl methyl sites for hydroxylation is 1. The first-order chi connectivity index (χ1) is 9.65. The largest absolute Gasteiger partial charge is 0.490 e. The zero-order valence-corrected chi connectivity index (χ0v) is 13.4. The first kappa shape index (κ1) is 15.4. The second kappa shape index (κ2) is 7.12. The molecule has 1 aliphatic rings. The molecule has 0 aromatic heterocycles. The predicted octanol–water partition coefficient (Wildman–Crippen LogP) is 4.62. The van der Waals surface area contributed by atoms with Crippen molar-refractivity contribution in [1.82, 2.24) is 5.32 Å². The lowest BCUT2D eigenvalue weighted by Gasteiger charge is -2.36. The van der Waals surface area contributed by atoms with Crippen LogP contribution >= 0.6 is 0 Å². The summed E-state index contributed by atoms with van der Waals surface area (Å²) in [4.78, 5) is 0. The van der Waals surface area contributed by atoms with Crippen molar-refractivity contribution in [3.05, 3.63) is 29.3 Å². The zero-order chi connectivity index (χ0) is 14.5. The summed E-state index contributed by atoms with van der Waals surface area (Å²) in [7, 11) is 0. The van der Waals surface area contributed by atoms with Crippen molar-refractivity contribution in [3.8, 4) is 5.75 Å². The fraction of sp³-hybridized carbons (Fsp3) is 0.667. The Morgan fingerprint density at radius 3 is 2.80 bits per heavy atom. The third-order valence-electron chi connectivity index (χ3n) is 4.31. The molecule has 0 spiro atoms. The van der Waals surface area contributed by atoms with Crippen LogP contribution in [0.5, 0.6) is 5.75 Å². The molecule has 0 saturated carbocycles. The van der Waals surface area contributed by atoms with Gasteiger partial charge in [0.1, 0.15) is 11.9 Å². The minimum Gasteiger partial charge on any atom is -0.490 e. The minimum atomic E-state index is 0.347. The summed E-state index contributed by atoms with van der Waals surface area (Å²) in [5.74, 6) is 1.71. The van der Waals surface area contributed by atoms with Crippen LogP contribution < -0.4 is 10.1 Å². The van der Waals surface area contributed by atoms with Crippen LogP contribution in [-0.4, -0.2) is 12.6 Å². The molecule has 0 saturated heterocycles. The smallest absolute Gasteiger partial charge is 0.124 e. The van der Waals surface area contributed by atoms with Crippen LogP contribution in [-0.2, 0) is 0 Å². The Bertz CT molecular complexity index is 429. The van der Waals surface area contributed by atoms with Crippen molar-refractivity contribution < 1.29 is 4.74 Å². The van der Waals surface area contributed by atoms with Gasteiger partial charge in [0.25, 0.3) is 0 Å². The summed E-state index contributed by atoms with van der Waals surface area (Å²) in [6, 6.07) is 7.03. The van der Waals surface area contributed by atoms with E-state index in [2.05, 4.69) is 51.2 Å². The molecule has 3 atom stereocenters. The molecular formula is C18H29NO. The average molecular weight is 275 g/mol. The van der Waals surface area contributed by atoms with Gasteiger partial charge in [-0.25, -0.2) is 0 Å². The van der Waals surface area contributed by atoms with Gasteiger partial charge in [-0.15, -0.1) is 0 Å². The molecule has 1 aliphatic heterocycles. The van der Waals surface area contributed by atoms with Crippen LogP contribution in [0, 0.1) is 12.8 Å². The molecule has 3 unspecified atom stereocenters. The van der Waals surface area contributed by atoms with Gasteiger partial charge in [0.15, 0.2) is 0 Å². The maximum Gasteiger partial charge on any atom is 0.124 e. The number of nitrogens with one attached hydrogen (secondary N) is 1. The molecule has 0 bridgehead atoms. The number of hydrogen-bond acceptors (Lipinski definition) is 2. The maximum atomic E-state index is 6.27. The van der Waals surface area contributed by atoms with Gasteiger partial charge in [-0.05, 0) is 38.3 Å². The van der Waals surface area contributed by atoms with Gasteiger partial charge in [-0.3, -0.25) is 0 Å². The number of benzene rings is 1. The second-order valence-electron chi connectivity index (χ2n) is 6.21. The van der Waals surface area contributed by atoms with Crippen LogP contribution in [0.3, 0.4) is 0 Å². The predicted molar refractivity (Wildman–Crippen MR) is 85.3 cm³/mol. The van der Waals surface area contributed by atoms with Gasteiger partial charge < -0.3 is 10.1 Å². The summed E-state index contributed by atoms with van der Waals surface area (Å²) < 4.78 is 6.27. The van der Waals surface area contributed by atoms with Gasteiger partial charge in [0.2, 0.25) is 0 Å². The standard InChI is InChI=1S/C18H29NO/c1-5-7-14(4)18-12-16(19-10-6-2)15-11-13(3)8-9-17(15)20-18/h8-9,11,14,16,18-19H,5-7,10,12H2,1-4H3.